The molecule has 0 atom stereocenters. The van der Waals surface area contributed by atoms with Crippen LogP contribution in [-0.4, -0.2) is 20.4 Å². The van der Waals surface area contributed by atoms with Gasteiger partial charge in [-0.3, -0.25) is 9.71 Å². The van der Waals surface area contributed by atoms with E-state index in [0.717, 1.165) is 11.1 Å². The Morgan fingerprint density at radius 1 is 1.14 bits per heavy atom. The van der Waals surface area contributed by atoms with Gasteiger partial charge in [0.2, 0.25) is 10.0 Å². The van der Waals surface area contributed by atoms with Crippen molar-refractivity contribution in [2.24, 2.45) is 0 Å². The van der Waals surface area contributed by atoms with Gasteiger partial charge in [-0.1, -0.05) is 24.3 Å². The Hall–Kier alpha value is -1.92. The van der Waals surface area contributed by atoms with Gasteiger partial charge in [0.15, 0.2) is 0 Å². The highest BCUT2D eigenvalue weighted by Crippen LogP contribution is 2.15. The summed E-state index contributed by atoms with van der Waals surface area (Å²) in [6.45, 7) is 2.48. The van der Waals surface area contributed by atoms with Gasteiger partial charge in [-0.15, -0.1) is 0 Å². The predicted octanol–water partition coefficient (Wildman–Crippen LogP) is 2.05. The van der Waals surface area contributed by atoms with Crippen LogP contribution < -0.4 is 10.0 Å². The normalized spacial score (nSPS) is 11.3. The lowest BCUT2D eigenvalue weighted by atomic mass is 10.1. The number of pyridine rings is 1. The van der Waals surface area contributed by atoms with Crippen LogP contribution >= 0.6 is 0 Å². The van der Waals surface area contributed by atoms with Crippen molar-refractivity contribution in [2.45, 2.75) is 19.2 Å². The maximum absolute atomic E-state index is 12.2. The second-order valence-corrected chi connectivity index (χ2v) is 6.57. The lowest BCUT2D eigenvalue weighted by molar-refractivity contribution is 0.600. The van der Waals surface area contributed by atoms with E-state index >= 15 is 0 Å². The minimum absolute atomic E-state index is 0.0567. The van der Waals surface area contributed by atoms with Crippen LogP contribution in [-0.2, 0) is 22.3 Å². The van der Waals surface area contributed by atoms with Crippen molar-refractivity contribution < 1.29 is 8.42 Å². The van der Waals surface area contributed by atoms with E-state index in [0.29, 0.717) is 17.9 Å². The van der Waals surface area contributed by atoms with E-state index in [9.17, 15) is 8.42 Å². The number of sulfonamides is 1. The van der Waals surface area contributed by atoms with Crippen molar-refractivity contribution in [3.8, 4) is 0 Å². The molecule has 0 aliphatic carbocycles. The first kappa shape index (κ1) is 15.5. The van der Waals surface area contributed by atoms with E-state index in [2.05, 4.69) is 15.0 Å². The summed E-state index contributed by atoms with van der Waals surface area (Å²) in [5, 5.41) is 3.05. The first-order valence-corrected chi connectivity index (χ1v) is 8.30. The average molecular weight is 305 g/mol. The van der Waals surface area contributed by atoms with E-state index in [1.165, 1.54) is 0 Å². The van der Waals surface area contributed by atoms with Crippen molar-refractivity contribution in [2.75, 3.05) is 11.8 Å². The molecule has 0 aliphatic heterocycles. The van der Waals surface area contributed by atoms with Crippen molar-refractivity contribution in [3.05, 3.63) is 59.4 Å². The van der Waals surface area contributed by atoms with Gasteiger partial charge in [-0.25, -0.2) is 8.42 Å². The fourth-order valence-corrected chi connectivity index (χ4v) is 3.29. The molecule has 2 rings (SSSR count). The number of benzene rings is 1. The van der Waals surface area contributed by atoms with Gasteiger partial charge >= 0.3 is 0 Å². The Kier molecular flexibility index (Phi) is 4.93. The van der Waals surface area contributed by atoms with Gasteiger partial charge in [0.05, 0.1) is 17.1 Å². The number of hydrogen-bond acceptors (Lipinski definition) is 4. The van der Waals surface area contributed by atoms with Crippen LogP contribution in [0.15, 0.2) is 42.6 Å². The molecule has 2 N–H and O–H groups in total. The smallest absolute Gasteiger partial charge is 0.236 e. The van der Waals surface area contributed by atoms with Crippen molar-refractivity contribution in [3.63, 3.8) is 0 Å². The second-order valence-electron chi connectivity index (χ2n) is 4.85. The minimum Gasteiger partial charge on any atom is -0.316 e. The van der Waals surface area contributed by atoms with Gasteiger partial charge in [0.1, 0.15) is 0 Å². The molecule has 1 heterocycles. The molecule has 0 saturated heterocycles. The number of hydrogen-bond donors (Lipinski definition) is 2. The third-order valence-electron chi connectivity index (χ3n) is 3.00. The summed E-state index contributed by atoms with van der Waals surface area (Å²) in [5.41, 5.74) is 2.99. The molecule has 0 bridgehead atoms. The lowest BCUT2D eigenvalue weighted by Crippen LogP contribution is -2.16. The third-order valence-corrected chi connectivity index (χ3v) is 4.25. The van der Waals surface area contributed by atoms with Crippen LogP contribution in [0.25, 0.3) is 0 Å². The first-order valence-electron chi connectivity index (χ1n) is 6.65. The summed E-state index contributed by atoms with van der Waals surface area (Å²) in [7, 11) is -1.60. The molecule has 0 saturated carbocycles. The van der Waals surface area contributed by atoms with Crippen LogP contribution in [0.4, 0.5) is 5.69 Å². The Labute approximate surface area is 125 Å². The highest BCUT2D eigenvalue weighted by atomic mass is 32.2. The van der Waals surface area contributed by atoms with Gasteiger partial charge in [-0.05, 0) is 37.2 Å². The summed E-state index contributed by atoms with van der Waals surface area (Å²) >= 11 is 0. The van der Waals surface area contributed by atoms with Gasteiger partial charge in [-0.2, -0.15) is 0 Å². The van der Waals surface area contributed by atoms with Crippen molar-refractivity contribution in [1.82, 2.24) is 10.3 Å². The zero-order chi connectivity index (χ0) is 15.3. The highest BCUT2D eigenvalue weighted by Gasteiger charge is 2.13. The SMILES string of the molecule is CNCc1cccc(CS(=O)(=O)Nc2cccnc2C)c1. The summed E-state index contributed by atoms with van der Waals surface area (Å²) < 4.78 is 27.1. The Morgan fingerprint density at radius 2 is 1.90 bits per heavy atom. The molecule has 112 valence electrons. The van der Waals surface area contributed by atoms with Gasteiger partial charge < -0.3 is 5.32 Å². The van der Waals surface area contributed by atoms with Crippen LogP contribution in [0.5, 0.6) is 0 Å². The standard InChI is InChI=1S/C15H19N3O2S/c1-12-15(7-4-8-17-12)18-21(19,20)11-14-6-3-5-13(9-14)10-16-2/h3-9,16,18H,10-11H2,1-2H3. The van der Waals surface area contributed by atoms with Gasteiger partial charge in [0, 0.05) is 12.7 Å². The molecule has 21 heavy (non-hydrogen) atoms. The summed E-state index contributed by atoms with van der Waals surface area (Å²) in [6, 6.07) is 11.0. The molecule has 5 nitrogen and oxygen atoms in total. The molecule has 0 radical (unpaired) electrons. The Bertz CT molecular complexity index is 714. The molecular weight excluding hydrogens is 286 g/mol. The third kappa shape index (κ3) is 4.54. The number of aromatic nitrogens is 1. The van der Waals surface area contributed by atoms with Crippen LogP contribution in [0.3, 0.4) is 0 Å². The number of nitrogens with one attached hydrogen (secondary N) is 2. The maximum atomic E-state index is 12.2. The molecule has 2 aromatic rings. The molecule has 1 aromatic heterocycles. The molecule has 1 aromatic carbocycles. The monoisotopic (exact) mass is 305 g/mol. The fourth-order valence-electron chi connectivity index (χ4n) is 2.05. The predicted molar refractivity (Wildman–Crippen MR) is 84.4 cm³/mol. The van der Waals surface area contributed by atoms with E-state index < -0.39 is 10.0 Å². The van der Waals surface area contributed by atoms with E-state index in [4.69, 9.17) is 0 Å². The second kappa shape index (κ2) is 6.69. The fraction of sp³-hybridized carbons (Fsp3) is 0.267. The topological polar surface area (TPSA) is 71.1 Å². The van der Waals surface area contributed by atoms with E-state index in [1.807, 2.05) is 31.3 Å². The molecule has 0 aliphatic rings. The number of rotatable bonds is 6. The minimum atomic E-state index is -3.45. The highest BCUT2D eigenvalue weighted by molar-refractivity contribution is 7.91. The lowest BCUT2D eigenvalue weighted by Gasteiger charge is -2.10. The quantitative estimate of drug-likeness (QED) is 0.857. The van der Waals surface area contributed by atoms with E-state index in [-0.39, 0.29) is 5.75 Å². The zero-order valence-corrected chi connectivity index (χ0v) is 12.9. The molecular formula is C15H19N3O2S. The largest absolute Gasteiger partial charge is 0.316 e. The summed E-state index contributed by atoms with van der Waals surface area (Å²) in [5.74, 6) is -0.0567. The average Bonchev–Trinajstić information content (AvgIpc) is 2.41. The van der Waals surface area contributed by atoms with Crippen molar-refractivity contribution in [1.29, 1.82) is 0 Å². The maximum Gasteiger partial charge on any atom is 0.236 e. The van der Waals surface area contributed by atoms with E-state index in [1.54, 1.807) is 25.3 Å². The Morgan fingerprint density at radius 3 is 2.62 bits per heavy atom. The Balaban J connectivity index is 2.14. The van der Waals surface area contributed by atoms with Crippen molar-refractivity contribution >= 4 is 15.7 Å². The molecule has 0 fully saturated rings. The molecule has 0 unspecified atom stereocenters. The van der Waals surface area contributed by atoms with Gasteiger partial charge in [0.25, 0.3) is 0 Å². The number of nitrogens with zero attached hydrogens (tertiary/aromatic N) is 1. The molecule has 0 spiro atoms. The number of aryl methyl sites for hydroxylation is 1. The van der Waals surface area contributed by atoms with Crippen LogP contribution in [0, 0.1) is 6.92 Å². The molecule has 6 heteroatoms. The first-order chi connectivity index (χ1) is 10.00. The number of anilines is 1. The van der Waals surface area contributed by atoms with Crippen LogP contribution in [0.1, 0.15) is 16.8 Å². The zero-order valence-electron chi connectivity index (χ0n) is 12.1. The summed E-state index contributed by atoms with van der Waals surface area (Å²) in [6.07, 6.45) is 1.63. The summed E-state index contributed by atoms with van der Waals surface area (Å²) in [4.78, 5) is 4.07. The molecule has 0 amide bonds. The van der Waals surface area contributed by atoms with Crippen LogP contribution in [0.2, 0.25) is 0 Å².